The first kappa shape index (κ1) is 29.5. The molecular weight excluding hydrogens is 681 g/mol. The molecule has 0 unspecified atom stereocenters. The summed E-state index contributed by atoms with van der Waals surface area (Å²) in [5.74, 6) is 0. The van der Waals surface area contributed by atoms with Gasteiger partial charge < -0.3 is 9.13 Å². The Morgan fingerprint density at radius 1 is 0.429 bits per heavy atom. The highest BCUT2D eigenvalue weighted by Crippen LogP contribution is 2.53. The molecular formula is C52H26N4. The topological polar surface area (TPSA) is 38.0 Å². The lowest BCUT2D eigenvalue weighted by Gasteiger charge is -2.17. The van der Waals surface area contributed by atoms with Crippen molar-refractivity contribution in [1.29, 1.82) is 5.26 Å². The van der Waals surface area contributed by atoms with Gasteiger partial charge in [-0.1, -0.05) is 121 Å². The molecule has 0 amide bonds. The number of para-hydroxylation sites is 2. The summed E-state index contributed by atoms with van der Waals surface area (Å²) < 4.78 is 4.46. The third-order valence-corrected chi connectivity index (χ3v) is 12.4. The molecule has 0 atom stereocenters. The van der Waals surface area contributed by atoms with Crippen LogP contribution in [-0.4, -0.2) is 9.13 Å². The van der Waals surface area contributed by atoms with Crippen LogP contribution in [0, 0.1) is 17.9 Å². The van der Waals surface area contributed by atoms with Crippen LogP contribution in [0.2, 0.25) is 0 Å². The van der Waals surface area contributed by atoms with Crippen LogP contribution in [-0.2, 0) is 0 Å². The quantitative estimate of drug-likeness (QED) is 0.165. The Morgan fingerprint density at radius 2 is 0.875 bits per heavy atom. The van der Waals surface area contributed by atoms with E-state index in [-0.39, 0.29) is 0 Å². The van der Waals surface area contributed by atoms with E-state index in [9.17, 15) is 5.26 Å². The summed E-state index contributed by atoms with van der Waals surface area (Å²) in [6.07, 6.45) is 0. The monoisotopic (exact) mass is 706 g/mol. The molecule has 4 heteroatoms. The number of benzene rings is 9. The van der Waals surface area contributed by atoms with Crippen molar-refractivity contribution in [3.8, 4) is 62.0 Å². The number of nitriles is 1. The molecule has 2 aromatic heterocycles. The minimum atomic E-state index is 0.428. The van der Waals surface area contributed by atoms with Gasteiger partial charge in [-0.3, -0.25) is 0 Å². The second-order valence-electron chi connectivity index (χ2n) is 15.0. The SMILES string of the molecule is [C-]#[N+]c1cc(-n2c3ccccc3c3cc4c5c(cccc5c32)-c2ccccc2-4)cc(C#N)c1-n1c2ccccc2c2cc3c4c(cccc4c21)-c1ccccc1-3. The first-order valence-electron chi connectivity index (χ1n) is 18.9. The largest absolute Gasteiger partial charge is 0.317 e. The van der Waals surface area contributed by atoms with Crippen molar-refractivity contribution in [2.45, 2.75) is 0 Å². The van der Waals surface area contributed by atoms with E-state index < -0.39 is 0 Å². The second-order valence-corrected chi connectivity index (χ2v) is 15.0. The molecule has 0 saturated heterocycles. The van der Waals surface area contributed by atoms with Gasteiger partial charge in [0.25, 0.3) is 0 Å². The van der Waals surface area contributed by atoms with Gasteiger partial charge in [-0.05, 0) is 91.7 Å². The summed E-state index contributed by atoms with van der Waals surface area (Å²) in [6.45, 7) is 8.72. The first-order valence-corrected chi connectivity index (χ1v) is 18.9. The maximum Gasteiger partial charge on any atom is 0.214 e. The Balaban J connectivity index is 1.14. The van der Waals surface area contributed by atoms with Crippen LogP contribution in [0.25, 0.3) is 126 Å². The molecule has 0 spiro atoms. The maximum absolute atomic E-state index is 11.1. The maximum atomic E-state index is 11.1. The van der Waals surface area contributed by atoms with Gasteiger partial charge in [0.15, 0.2) is 0 Å². The predicted octanol–water partition coefficient (Wildman–Crippen LogP) is 13.9. The van der Waals surface area contributed by atoms with E-state index in [2.05, 4.69) is 160 Å². The van der Waals surface area contributed by atoms with Gasteiger partial charge in [-0.2, -0.15) is 5.26 Å². The second kappa shape index (κ2) is 10.4. The zero-order valence-corrected chi connectivity index (χ0v) is 29.8. The third kappa shape index (κ3) is 3.48. The molecule has 2 aliphatic rings. The van der Waals surface area contributed by atoms with Crippen molar-refractivity contribution in [2.75, 3.05) is 0 Å². The highest BCUT2D eigenvalue weighted by Gasteiger charge is 2.29. The average Bonchev–Trinajstić information content (AvgIpc) is 3.98. The van der Waals surface area contributed by atoms with Crippen molar-refractivity contribution in [2.24, 2.45) is 0 Å². The van der Waals surface area contributed by atoms with E-state index in [1.165, 1.54) is 55.3 Å². The molecule has 11 aromatic rings. The number of fused-ring (bicyclic) bond motifs is 14. The summed E-state index contributed by atoms with van der Waals surface area (Å²) in [4.78, 5) is 4.23. The number of rotatable bonds is 2. The summed E-state index contributed by atoms with van der Waals surface area (Å²) in [7, 11) is 0. The highest BCUT2D eigenvalue weighted by atomic mass is 15.0. The van der Waals surface area contributed by atoms with Crippen molar-refractivity contribution in [1.82, 2.24) is 9.13 Å². The zero-order valence-electron chi connectivity index (χ0n) is 29.8. The van der Waals surface area contributed by atoms with Crippen LogP contribution >= 0.6 is 0 Å². The smallest absolute Gasteiger partial charge is 0.214 e. The van der Waals surface area contributed by atoms with Crippen molar-refractivity contribution < 1.29 is 0 Å². The lowest BCUT2D eigenvalue weighted by Crippen LogP contribution is -2.02. The fourth-order valence-corrected chi connectivity index (χ4v) is 10.3. The van der Waals surface area contributed by atoms with E-state index in [1.54, 1.807) is 0 Å². The van der Waals surface area contributed by atoms with Gasteiger partial charge in [0.2, 0.25) is 5.69 Å². The number of hydrogen-bond donors (Lipinski definition) is 0. The van der Waals surface area contributed by atoms with Crippen molar-refractivity contribution >= 4 is 70.8 Å². The lowest BCUT2D eigenvalue weighted by molar-refractivity contribution is 1.15. The third-order valence-electron chi connectivity index (χ3n) is 12.4. The Labute approximate surface area is 320 Å². The van der Waals surface area contributed by atoms with Gasteiger partial charge in [-0.15, -0.1) is 0 Å². The fourth-order valence-electron chi connectivity index (χ4n) is 10.3. The average molecular weight is 707 g/mol. The van der Waals surface area contributed by atoms with E-state index in [4.69, 9.17) is 6.57 Å². The van der Waals surface area contributed by atoms with Crippen LogP contribution in [0.4, 0.5) is 5.69 Å². The molecule has 0 saturated carbocycles. The van der Waals surface area contributed by atoms with Gasteiger partial charge in [0.1, 0.15) is 6.07 Å². The van der Waals surface area contributed by atoms with Crippen LogP contribution in [0.15, 0.2) is 158 Å². The van der Waals surface area contributed by atoms with Crippen molar-refractivity contribution in [3.63, 3.8) is 0 Å². The lowest BCUT2D eigenvalue weighted by atomic mass is 9.99. The van der Waals surface area contributed by atoms with Crippen LogP contribution in [0.5, 0.6) is 0 Å². The standard InChI is InChI=1S/C52H26N4/c1-54-45-25-30(55-46-22-8-6-16-35(46)43-26-41-33-14-4-2-12-31(33)37-18-10-20-39(48(37)41)51(43)55)24-29(28-53)50(45)56-47-23-9-7-17-36(47)44-27-42-34-15-5-3-13-32(34)38-19-11-21-40(49(38)42)52(44)56/h2-27H. The Morgan fingerprint density at radius 3 is 1.41 bits per heavy atom. The first-order chi connectivity index (χ1) is 27.7. The molecule has 0 fully saturated rings. The molecule has 0 bridgehead atoms. The van der Waals surface area contributed by atoms with Crippen LogP contribution in [0.3, 0.4) is 0 Å². The number of aromatic nitrogens is 2. The molecule has 4 nitrogen and oxygen atoms in total. The van der Waals surface area contributed by atoms with E-state index in [0.29, 0.717) is 16.9 Å². The molecule has 0 radical (unpaired) electrons. The fraction of sp³-hybridized carbons (Fsp3) is 0. The van der Waals surface area contributed by atoms with Crippen LogP contribution in [0.1, 0.15) is 5.56 Å². The summed E-state index contributed by atoms with van der Waals surface area (Å²) in [5, 5.41) is 20.3. The zero-order chi connectivity index (χ0) is 36.8. The molecule has 0 aliphatic heterocycles. The van der Waals surface area contributed by atoms with E-state index in [1.807, 2.05) is 18.2 Å². The van der Waals surface area contributed by atoms with Crippen molar-refractivity contribution in [3.05, 3.63) is 175 Å². The van der Waals surface area contributed by atoms with Crippen LogP contribution < -0.4 is 0 Å². The normalized spacial score (nSPS) is 12.2. The summed E-state index contributed by atoms with van der Waals surface area (Å²) in [6, 6.07) is 58.5. The molecule has 0 N–H and O–H groups in total. The van der Waals surface area contributed by atoms with Gasteiger partial charge in [-0.25, -0.2) is 4.85 Å². The van der Waals surface area contributed by atoms with Gasteiger partial charge >= 0.3 is 0 Å². The molecule has 2 aliphatic carbocycles. The molecule has 254 valence electrons. The van der Waals surface area contributed by atoms with Gasteiger partial charge in [0.05, 0.1) is 39.9 Å². The summed E-state index contributed by atoms with van der Waals surface area (Å²) >= 11 is 0. The molecule has 9 aromatic carbocycles. The van der Waals surface area contributed by atoms with E-state index in [0.717, 1.165) is 60.1 Å². The number of nitrogens with zero attached hydrogens (tertiary/aromatic N) is 4. The molecule has 56 heavy (non-hydrogen) atoms. The minimum absolute atomic E-state index is 0.428. The minimum Gasteiger partial charge on any atom is -0.317 e. The van der Waals surface area contributed by atoms with E-state index >= 15 is 0 Å². The predicted molar refractivity (Wildman–Crippen MR) is 230 cm³/mol. The van der Waals surface area contributed by atoms with Gasteiger partial charge in [0, 0.05) is 38.0 Å². The number of hydrogen-bond acceptors (Lipinski definition) is 1. The summed E-state index contributed by atoms with van der Waals surface area (Å²) in [5.41, 5.74) is 16.3. The Bertz CT molecular complexity index is 3690. The molecule has 2 heterocycles. The Hall–Kier alpha value is -7.92. The molecule has 13 rings (SSSR count). The Kier molecular flexibility index (Phi) is 5.48. The highest BCUT2D eigenvalue weighted by molar-refractivity contribution is 6.29.